The molecule has 3 nitrogen and oxygen atoms in total. The Labute approximate surface area is 95.3 Å². The molecular weight excluding hydrogens is 266 g/mol. The van der Waals surface area contributed by atoms with Crippen LogP contribution in [0.3, 0.4) is 0 Å². The zero-order chi connectivity index (χ0) is 10.4. The van der Waals surface area contributed by atoms with Crippen molar-refractivity contribution in [1.82, 2.24) is 5.32 Å². The van der Waals surface area contributed by atoms with Crippen LogP contribution in [0, 0.1) is 0 Å². The molecule has 78 valence electrons. The Hall–Kier alpha value is -0.390. The van der Waals surface area contributed by atoms with Gasteiger partial charge in [0.05, 0.1) is 10.4 Å². The summed E-state index contributed by atoms with van der Waals surface area (Å²) in [4.78, 5) is 12.2. The van der Waals surface area contributed by atoms with Gasteiger partial charge in [0, 0.05) is 17.8 Å². The molecule has 0 saturated carbocycles. The Kier molecular flexibility index (Phi) is 5.14. The maximum Gasteiger partial charge on any atom is 0.222 e. The molecule has 0 aliphatic carbocycles. The van der Waals surface area contributed by atoms with Gasteiger partial charge in [0.25, 0.3) is 0 Å². The highest BCUT2D eigenvalue weighted by Gasteiger charge is 2.00. The summed E-state index contributed by atoms with van der Waals surface area (Å²) in [7, 11) is 0. The number of hydrogen-bond acceptors (Lipinski definition) is 3. The molecule has 1 rings (SSSR count). The molecule has 1 aromatic rings. The molecule has 0 radical (unpaired) electrons. The van der Waals surface area contributed by atoms with Crippen LogP contribution < -0.4 is 5.32 Å². The molecule has 14 heavy (non-hydrogen) atoms. The van der Waals surface area contributed by atoms with Crippen molar-refractivity contribution in [2.45, 2.75) is 12.8 Å². The lowest BCUT2D eigenvalue weighted by Crippen LogP contribution is -2.25. The average molecular weight is 278 g/mol. The number of carbonyl (C=O) groups excluding carboxylic acids is 1. The highest BCUT2D eigenvalue weighted by Crippen LogP contribution is 2.21. The third-order valence-corrected chi connectivity index (χ3v) is 3.34. The summed E-state index contributed by atoms with van der Waals surface area (Å²) >= 11 is 5.04. The fourth-order valence-electron chi connectivity index (χ4n) is 1.00. The molecule has 0 unspecified atom stereocenters. The van der Waals surface area contributed by atoms with Crippen molar-refractivity contribution in [2.24, 2.45) is 0 Å². The first kappa shape index (κ1) is 11.7. The van der Waals surface area contributed by atoms with Crippen LogP contribution in [0.5, 0.6) is 0 Å². The first-order chi connectivity index (χ1) is 6.72. The van der Waals surface area contributed by atoms with E-state index in [9.17, 15) is 4.79 Å². The SMILES string of the molecule is O=C(CCO)NCCc1ccc(Br)s1. The monoisotopic (exact) mass is 277 g/mol. The highest BCUT2D eigenvalue weighted by molar-refractivity contribution is 9.11. The number of rotatable bonds is 5. The normalized spacial score (nSPS) is 10.1. The standard InChI is InChI=1S/C9H12BrNO2S/c10-8-2-1-7(14-8)3-5-11-9(13)4-6-12/h1-2,12H,3-6H2,(H,11,13). The van der Waals surface area contributed by atoms with Crippen LogP contribution in [0.25, 0.3) is 0 Å². The lowest BCUT2D eigenvalue weighted by molar-refractivity contribution is -0.121. The van der Waals surface area contributed by atoms with E-state index in [1.807, 2.05) is 12.1 Å². The second kappa shape index (κ2) is 6.16. The summed E-state index contributed by atoms with van der Waals surface area (Å²) in [6, 6.07) is 4.03. The number of aliphatic hydroxyl groups excluding tert-OH is 1. The van der Waals surface area contributed by atoms with Gasteiger partial charge >= 0.3 is 0 Å². The minimum absolute atomic E-state index is 0.0869. The Morgan fingerprint density at radius 3 is 2.93 bits per heavy atom. The van der Waals surface area contributed by atoms with Gasteiger partial charge in [-0.05, 0) is 34.5 Å². The zero-order valence-electron chi connectivity index (χ0n) is 7.62. The second-order valence-corrected chi connectivity index (χ2v) is 5.33. The van der Waals surface area contributed by atoms with E-state index in [1.54, 1.807) is 11.3 Å². The topological polar surface area (TPSA) is 49.3 Å². The molecule has 0 aliphatic heterocycles. The first-order valence-electron chi connectivity index (χ1n) is 4.34. The smallest absolute Gasteiger partial charge is 0.222 e. The lowest BCUT2D eigenvalue weighted by atomic mass is 10.3. The first-order valence-corrected chi connectivity index (χ1v) is 5.95. The van der Waals surface area contributed by atoms with Crippen LogP contribution in [-0.4, -0.2) is 24.2 Å². The number of halogens is 1. The van der Waals surface area contributed by atoms with E-state index in [-0.39, 0.29) is 18.9 Å². The molecule has 0 bridgehead atoms. The third kappa shape index (κ3) is 4.21. The van der Waals surface area contributed by atoms with Gasteiger partial charge in [0.2, 0.25) is 5.91 Å². The average Bonchev–Trinajstić information content (AvgIpc) is 2.52. The fourth-order valence-corrected chi connectivity index (χ4v) is 2.48. The van der Waals surface area contributed by atoms with Gasteiger partial charge in [-0.1, -0.05) is 0 Å². The van der Waals surface area contributed by atoms with E-state index in [1.165, 1.54) is 4.88 Å². The summed E-state index contributed by atoms with van der Waals surface area (Å²) in [5, 5.41) is 11.2. The van der Waals surface area contributed by atoms with E-state index in [0.717, 1.165) is 10.2 Å². The Balaban J connectivity index is 2.18. The highest BCUT2D eigenvalue weighted by atomic mass is 79.9. The summed E-state index contributed by atoms with van der Waals surface area (Å²) in [6.07, 6.45) is 1.03. The molecular formula is C9H12BrNO2S. The maximum absolute atomic E-state index is 11.0. The summed E-state index contributed by atoms with van der Waals surface area (Å²) in [5.74, 6) is -0.0943. The van der Waals surface area contributed by atoms with Crippen molar-refractivity contribution in [2.75, 3.05) is 13.2 Å². The number of nitrogens with one attached hydrogen (secondary N) is 1. The van der Waals surface area contributed by atoms with Gasteiger partial charge in [0.1, 0.15) is 0 Å². The minimum Gasteiger partial charge on any atom is -0.396 e. The van der Waals surface area contributed by atoms with Gasteiger partial charge < -0.3 is 10.4 Å². The van der Waals surface area contributed by atoms with Crippen LogP contribution in [0.4, 0.5) is 0 Å². The number of hydrogen-bond donors (Lipinski definition) is 2. The van der Waals surface area contributed by atoms with Gasteiger partial charge in [-0.15, -0.1) is 11.3 Å². The van der Waals surface area contributed by atoms with Gasteiger partial charge in [-0.2, -0.15) is 0 Å². The summed E-state index contributed by atoms with van der Waals surface area (Å²) in [6.45, 7) is 0.544. The van der Waals surface area contributed by atoms with Crippen molar-refractivity contribution >= 4 is 33.2 Å². The predicted molar refractivity (Wildman–Crippen MR) is 60.4 cm³/mol. The Bertz CT molecular complexity index is 301. The molecule has 0 aliphatic rings. The van der Waals surface area contributed by atoms with Crippen molar-refractivity contribution in [3.8, 4) is 0 Å². The largest absolute Gasteiger partial charge is 0.396 e. The Morgan fingerprint density at radius 2 is 2.36 bits per heavy atom. The van der Waals surface area contributed by atoms with Gasteiger partial charge in [0.15, 0.2) is 0 Å². The van der Waals surface area contributed by atoms with Crippen molar-refractivity contribution in [3.05, 3.63) is 20.8 Å². The lowest BCUT2D eigenvalue weighted by Gasteiger charge is -2.01. The molecule has 0 aromatic carbocycles. The van der Waals surface area contributed by atoms with Crippen molar-refractivity contribution in [3.63, 3.8) is 0 Å². The number of carbonyl (C=O) groups is 1. The van der Waals surface area contributed by atoms with E-state index >= 15 is 0 Å². The molecule has 1 amide bonds. The number of amides is 1. The van der Waals surface area contributed by atoms with Crippen molar-refractivity contribution in [1.29, 1.82) is 0 Å². The zero-order valence-corrected chi connectivity index (χ0v) is 10.0. The van der Waals surface area contributed by atoms with Crippen LogP contribution >= 0.6 is 27.3 Å². The molecule has 0 saturated heterocycles. The van der Waals surface area contributed by atoms with Crippen LogP contribution in [0.1, 0.15) is 11.3 Å². The summed E-state index contributed by atoms with van der Waals surface area (Å²) in [5.41, 5.74) is 0. The third-order valence-electron chi connectivity index (χ3n) is 1.66. The van der Waals surface area contributed by atoms with E-state index < -0.39 is 0 Å². The van der Waals surface area contributed by atoms with Crippen LogP contribution in [0.15, 0.2) is 15.9 Å². The molecule has 0 fully saturated rings. The van der Waals surface area contributed by atoms with Crippen LogP contribution in [0.2, 0.25) is 0 Å². The number of aliphatic hydroxyl groups is 1. The van der Waals surface area contributed by atoms with E-state index in [0.29, 0.717) is 6.54 Å². The maximum atomic E-state index is 11.0. The molecule has 5 heteroatoms. The predicted octanol–water partition coefficient (Wildman–Crippen LogP) is 1.55. The summed E-state index contributed by atoms with van der Waals surface area (Å²) < 4.78 is 1.11. The van der Waals surface area contributed by atoms with Crippen LogP contribution in [-0.2, 0) is 11.2 Å². The van der Waals surface area contributed by atoms with Gasteiger partial charge in [-0.3, -0.25) is 4.79 Å². The molecule has 2 N–H and O–H groups in total. The minimum atomic E-state index is -0.0943. The van der Waals surface area contributed by atoms with Crippen molar-refractivity contribution < 1.29 is 9.90 Å². The number of thiophene rings is 1. The molecule has 1 aromatic heterocycles. The van der Waals surface area contributed by atoms with Gasteiger partial charge in [-0.25, -0.2) is 0 Å². The Morgan fingerprint density at radius 1 is 1.57 bits per heavy atom. The second-order valence-electron chi connectivity index (χ2n) is 2.78. The fraction of sp³-hybridized carbons (Fsp3) is 0.444. The van der Waals surface area contributed by atoms with E-state index in [4.69, 9.17) is 5.11 Å². The van der Waals surface area contributed by atoms with E-state index in [2.05, 4.69) is 21.2 Å². The quantitative estimate of drug-likeness (QED) is 0.858. The molecule has 0 spiro atoms. The molecule has 0 atom stereocenters. The molecule has 1 heterocycles.